The van der Waals surface area contributed by atoms with Crippen molar-refractivity contribution in [2.24, 2.45) is 0 Å². The van der Waals surface area contributed by atoms with Gasteiger partial charge in [0, 0.05) is 32.9 Å². The second kappa shape index (κ2) is 6.81. The fourth-order valence-corrected chi connectivity index (χ4v) is 4.77. The number of pyridine rings is 1. The highest BCUT2D eigenvalue weighted by Gasteiger charge is 2.24. The second-order valence-electron chi connectivity index (χ2n) is 5.79. The third-order valence-corrected chi connectivity index (χ3v) is 5.98. The average Bonchev–Trinajstić information content (AvgIpc) is 2.95. The molecule has 1 aromatic heterocycles. The van der Waals surface area contributed by atoms with Crippen LogP contribution in [0.1, 0.15) is 12.0 Å². The van der Waals surface area contributed by atoms with Crippen molar-refractivity contribution in [1.29, 1.82) is 0 Å². The number of nitrogens with one attached hydrogen (secondary N) is 1. The number of hydrogen-bond acceptors (Lipinski definition) is 3. The second-order valence-corrected chi connectivity index (χ2v) is 7.75. The van der Waals surface area contributed by atoms with Crippen molar-refractivity contribution in [1.82, 2.24) is 4.98 Å². The van der Waals surface area contributed by atoms with Crippen LogP contribution in [0, 0.1) is 0 Å². The summed E-state index contributed by atoms with van der Waals surface area (Å²) in [5.74, 6) is 0. The van der Waals surface area contributed by atoms with E-state index in [2.05, 4.69) is 21.1 Å². The monoisotopic (exact) mass is 388 g/mol. The summed E-state index contributed by atoms with van der Waals surface area (Å²) < 4.78 is 2.20. The Bertz CT molecular complexity index is 1100. The molecule has 1 N–H and O–H groups in total. The van der Waals surface area contributed by atoms with Gasteiger partial charge in [0.1, 0.15) is 0 Å². The number of fused-ring (bicyclic) bond motifs is 2. The Hall–Kier alpha value is -1.84. The van der Waals surface area contributed by atoms with Crippen LogP contribution < -0.4 is 20.3 Å². The summed E-state index contributed by atoms with van der Waals surface area (Å²) in [5.41, 5.74) is 5.12. The fraction of sp³-hybridized carbons (Fsp3) is 0.158. The van der Waals surface area contributed by atoms with Crippen LogP contribution >= 0.6 is 35.1 Å². The van der Waals surface area contributed by atoms with Crippen LogP contribution in [0.5, 0.6) is 0 Å². The molecule has 6 heteroatoms. The van der Waals surface area contributed by atoms with Crippen molar-refractivity contribution < 1.29 is 0 Å². The number of rotatable bonds is 2. The predicted octanol–water partition coefficient (Wildman–Crippen LogP) is 3.40. The van der Waals surface area contributed by atoms with Crippen molar-refractivity contribution in [3.05, 3.63) is 79.0 Å². The standard InChI is InChI=1S/C19H14Cl2N2OS/c20-12-10-16(21)15-7-9-23(17(15)11-12)25-18-5-3-1-2-4-14-13(18)6-8-22-19(14)24/h1-3,6,8,10-11H,5,7,9H2,(H,22,24)/b3-1-,18-13+. The number of hydrogen-bond donors (Lipinski definition) is 1. The number of benzene rings is 1. The van der Waals surface area contributed by atoms with Gasteiger partial charge in [-0.15, -0.1) is 5.73 Å². The Labute approximate surface area is 159 Å². The van der Waals surface area contributed by atoms with Gasteiger partial charge in [-0.2, -0.15) is 0 Å². The maximum absolute atomic E-state index is 12.2. The van der Waals surface area contributed by atoms with Crippen LogP contribution in [0.15, 0.2) is 47.4 Å². The lowest BCUT2D eigenvalue weighted by Crippen LogP contribution is -2.40. The van der Waals surface area contributed by atoms with E-state index in [-0.39, 0.29) is 5.56 Å². The highest BCUT2D eigenvalue weighted by molar-refractivity contribution is 8.09. The summed E-state index contributed by atoms with van der Waals surface area (Å²) in [5, 5.41) is 2.82. The van der Waals surface area contributed by atoms with Crippen molar-refractivity contribution in [3.8, 4) is 0 Å². The zero-order valence-electron chi connectivity index (χ0n) is 13.2. The van der Waals surface area contributed by atoms with Crippen LogP contribution in [0.2, 0.25) is 10.0 Å². The molecule has 2 aliphatic rings. The van der Waals surface area contributed by atoms with E-state index in [9.17, 15) is 4.79 Å². The number of halogens is 2. The molecule has 2 heterocycles. The Kier molecular flexibility index (Phi) is 4.53. The highest BCUT2D eigenvalue weighted by atomic mass is 35.5. The molecule has 1 aromatic carbocycles. The van der Waals surface area contributed by atoms with E-state index in [0.717, 1.165) is 40.8 Å². The Morgan fingerprint density at radius 1 is 1.28 bits per heavy atom. The summed E-state index contributed by atoms with van der Waals surface area (Å²) in [6.45, 7) is 0.853. The van der Waals surface area contributed by atoms with Gasteiger partial charge in [0.2, 0.25) is 0 Å². The first kappa shape index (κ1) is 16.6. The van der Waals surface area contributed by atoms with Crippen LogP contribution in [0.4, 0.5) is 5.69 Å². The lowest BCUT2D eigenvalue weighted by atomic mass is 10.2. The zero-order chi connectivity index (χ0) is 17.4. The van der Waals surface area contributed by atoms with Gasteiger partial charge < -0.3 is 9.29 Å². The molecule has 1 aliphatic carbocycles. The van der Waals surface area contributed by atoms with Crippen molar-refractivity contribution in [2.45, 2.75) is 12.8 Å². The molecule has 4 rings (SSSR count). The van der Waals surface area contributed by atoms with Crippen molar-refractivity contribution >= 4 is 51.5 Å². The minimum absolute atomic E-state index is 0.130. The molecule has 0 saturated carbocycles. The van der Waals surface area contributed by atoms with E-state index in [1.165, 1.54) is 0 Å². The molecule has 126 valence electrons. The Morgan fingerprint density at radius 2 is 2.16 bits per heavy atom. The minimum atomic E-state index is -0.130. The summed E-state index contributed by atoms with van der Waals surface area (Å²) >= 11 is 14.2. The Balaban J connectivity index is 1.84. The smallest absolute Gasteiger partial charge is 0.263 e. The van der Waals surface area contributed by atoms with E-state index in [1.54, 1.807) is 30.3 Å². The minimum Gasteiger partial charge on any atom is -0.328 e. The van der Waals surface area contributed by atoms with E-state index in [0.29, 0.717) is 15.3 Å². The first-order chi connectivity index (χ1) is 12.1. The first-order valence-electron chi connectivity index (χ1n) is 7.89. The third kappa shape index (κ3) is 3.19. The van der Waals surface area contributed by atoms with Gasteiger partial charge in [0.15, 0.2) is 0 Å². The lowest BCUT2D eigenvalue weighted by Gasteiger charge is -2.20. The third-order valence-electron chi connectivity index (χ3n) is 4.22. The summed E-state index contributed by atoms with van der Waals surface area (Å²) in [7, 11) is 0. The summed E-state index contributed by atoms with van der Waals surface area (Å²) in [4.78, 5) is 16.0. The molecule has 0 amide bonds. The number of aromatic nitrogens is 1. The molecule has 0 unspecified atom stereocenters. The quantitative estimate of drug-likeness (QED) is 0.800. The van der Waals surface area contributed by atoms with Crippen LogP contribution in [-0.2, 0) is 6.42 Å². The van der Waals surface area contributed by atoms with Gasteiger partial charge in [-0.05, 0) is 54.6 Å². The zero-order valence-corrected chi connectivity index (χ0v) is 15.5. The van der Waals surface area contributed by atoms with E-state index >= 15 is 0 Å². The highest BCUT2D eigenvalue weighted by Crippen LogP contribution is 2.42. The number of anilines is 1. The summed E-state index contributed by atoms with van der Waals surface area (Å²) in [6.07, 6.45) is 9.08. The topological polar surface area (TPSA) is 36.1 Å². The van der Waals surface area contributed by atoms with Gasteiger partial charge >= 0.3 is 0 Å². The van der Waals surface area contributed by atoms with Gasteiger partial charge in [0.05, 0.1) is 10.9 Å². The maximum Gasteiger partial charge on any atom is 0.263 e. The molecular formula is C19H14Cl2N2OS. The Morgan fingerprint density at radius 3 is 3.04 bits per heavy atom. The average molecular weight is 389 g/mol. The molecule has 0 saturated heterocycles. The van der Waals surface area contributed by atoms with Crippen LogP contribution in [-0.4, -0.2) is 11.5 Å². The fourth-order valence-electron chi connectivity index (χ4n) is 3.05. The van der Waals surface area contributed by atoms with E-state index < -0.39 is 0 Å². The first-order valence-corrected chi connectivity index (χ1v) is 9.42. The van der Waals surface area contributed by atoms with E-state index in [1.807, 2.05) is 18.2 Å². The molecule has 25 heavy (non-hydrogen) atoms. The molecule has 0 radical (unpaired) electrons. The molecule has 0 atom stereocenters. The molecular weight excluding hydrogens is 375 g/mol. The maximum atomic E-state index is 12.2. The molecule has 0 spiro atoms. The molecule has 0 fully saturated rings. The predicted molar refractivity (Wildman–Crippen MR) is 107 cm³/mol. The molecule has 0 bridgehead atoms. The van der Waals surface area contributed by atoms with Crippen LogP contribution in [0.25, 0.3) is 10.6 Å². The van der Waals surface area contributed by atoms with Crippen molar-refractivity contribution in [3.63, 3.8) is 0 Å². The van der Waals surface area contributed by atoms with Crippen molar-refractivity contribution in [2.75, 3.05) is 10.8 Å². The van der Waals surface area contributed by atoms with Crippen LogP contribution in [0.3, 0.4) is 0 Å². The lowest BCUT2D eigenvalue weighted by molar-refractivity contribution is 1.06. The van der Waals surface area contributed by atoms with Gasteiger partial charge in [0.25, 0.3) is 5.56 Å². The number of allylic oxidation sites excluding steroid dienone is 3. The molecule has 2 aromatic rings. The molecule has 1 aliphatic heterocycles. The number of aromatic amines is 1. The largest absolute Gasteiger partial charge is 0.328 e. The van der Waals surface area contributed by atoms with Gasteiger partial charge in [-0.1, -0.05) is 35.4 Å². The summed E-state index contributed by atoms with van der Waals surface area (Å²) in [6, 6.07) is 5.67. The van der Waals surface area contributed by atoms with E-state index in [4.69, 9.17) is 23.2 Å². The normalized spacial score (nSPS) is 18.9. The molecule has 3 nitrogen and oxygen atoms in total. The number of nitrogens with zero attached hydrogens (tertiary/aromatic N) is 1. The number of H-pyrrole nitrogens is 1. The van der Waals surface area contributed by atoms with Gasteiger partial charge in [-0.25, -0.2) is 0 Å². The SMILES string of the molecule is O=c1[nH]cc/c2c1=C=C/C=C\C\C=2SN1CCc2c(Cl)cc(Cl)cc21. The van der Waals surface area contributed by atoms with Gasteiger partial charge in [-0.3, -0.25) is 4.79 Å².